The van der Waals surface area contributed by atoms with Crippen molar-refractivity contribution in [2.75, 3.05) is 37.5 Å². The van der Waals surface area contributed by atoms with Crippen LogP contribution in [0.4, 0.5) is 11.6 Å². The fourth-order valence-corrected chi connectivity index (χ4v) is 3.22. The van der Waals surface area contributed by atoms with E-state index in [9.17, 15) is 9.59 Å². The number of nitrogens with one attached hydrogen (secondary N) is 1. The highest BCUT2D eigenvalue weighted by atomic mass is 16.5. The number of ether oxygens (including phenoxy) is 1. The minimum absolute atomic E-state index is 0.0408. The molecule has 2 amide bonds. The summed E-state index contributed by atoms with van der Waals surface area (Å²) in [5, 5.41) is 3.27. The van der Waals surface area contributed by atoms with Crippen LogP contribution in [-0.2, 0) is 4.79 Å². The number of methoxy groups -OCH3 is 1. The molecule has 0 spiro atoms. The van der Waals surface area contributed by atoms with E-state index in [2.05, 4.69) is 21.9 Å². The van der Waals surface area contributed by atoms with Crippen molar-refractivity contribution in [1.82, 2.24) is 14.9 Å². The molecule has 3 rings (SSSR count). The predicted octanol–water partition coefficient (Wildman–Crippen LogP) is 2.27. The standard InChI is InChI=1S/C21H25N5O3/c1-5-18(27)25(3)17-8-6-15(7-9-17)20(28)26-11-10-16(13-26)23-21-22-12-14(2)19(24-21)29-4/h5-9,12,16H,1,10-11,13H2,2-4H3,(H,22,23,24)/t16-/m1/s1. The van der Waals surface area contributed by atoms with Crippen molar-refractivity contribution < 1.29 is 14.3 Å². The van der Waals surface area contributed by atoms with Crippen molar-refractivity contribution in [3.63, 3.8) is 0 Å². The molecule has 1 aromatic heterocycles. The van der Waals surface area contributed by atoms with Crippen molar-refractivity contribution in [2.24, 2.45) is 0 Å². The fraction of sp³-hybridized carbons (Fsp3) is 0.333. The highest BCUT2D eigenvalue weighted by Gasteiger charge is 2.27. The van der Waals surface area contributed by atoms with Gasteiger partial charge in [0.05, 0.1) is 7.11 Å². The topological polar surface area (TPSA) is 87.7 Å². The lowest BCUT2D eigenvalue weighted by Gasteiger charge is -2.19. The summed E-state index contributed by atoms with van der Waals surface area (Å²) in [6, 6.07) is 7.06. The van der Waals surface area contributed by atoms with Crippen molar-refractivity contribution >= 4 is 23.5 Å². The molecule has 29 heavy (non-hydrogen) atoms. The number of carbonyl (C=O) groups is 2. The number of benzene rings is 1. The quantitative estimate of drug-likeness (QED) is 0.755. The number of nitrogens with zero attached hydrogens (tertiary/aromatic N) is 4. The van der Waals surface area contributed by atoms with E-state index in [0.29, 0.717) is 36.2 Å². The van der Waals surface area contributed by atoms with Gasteiger partial charge in [-0.05, 0) is 43.7 Å². The second kappa shape index (κ2) is 8.72. The Morgan fingerprint density at radius 3 is 2.72 bits per heavy atom. The van der Waals surface area contributed by atoms with Gasteiger partial charge in [-0.15, -0.1) is 0 Å². The molecule has 1 fully saturated rings. The van der Waals surface area contributed by atoms with Crippen LogP contribution in [0.1, 0.15) is 22.3 Å². The summed E-state index contributed by atoms with van der Waals surface area (Å²) in [6.07, 6.45) is 3.77. The zero-order valence-corrected chi connectivity index (χ0v) is 16.9. The highest BCUT2D eigenvalue weighted by molar-refractivity contribution is 6.01. The van der Waals surface area contributed by atoms with Gasteiger partial charge in [-0.25, -0.2) is 4.98 Å². The number of anilines is 2. The number of aromatic nitrogens is 2. The summed E-state index contributed by atoms with van der Waals surface area (Å²) in [5.74, 6) is 0.785. The van der Waals surface area contributed by atoms with E-state index in [1.54, 1.807) is 49.5 Å². The third-order valence-electron chi connectivity index (χ3n) is 4.93. The number of rotatable bonds is 6. The molecule has 8 nitrogen and oxygen atoms in total. The molecule has 0 aliphatic carbocycles. The lowest BCUT2D eigenvalue weighted by molar-refractivity contribution is -0.113. The second-order valence-corrected chi connectivity index (χ2v) is 6.92. The Labute approximate surface area is 170 Å². The zero-order valence-electron chi connectivity index (χ0n) is 16.9. The van der Waals surface area contributed by atoms with Crippen LogP contribution in [-0.4, -0.2) is 60.0 Å². The Morgan fingerprint density at radius 1 is 1.34 bits per heavy atom. The minimum Gasteiger partial charge on any atom is -0.481 e. The van der Waals surface area contributed by atoms with Gasteiger partial charge in [0.15, 0.2) is 0 Å². The number of amides is 2. The van der Waals surface area contributed by atoms with Crippen molar-refractivity contribution in [1.29, 1.82) is 0 Å². The van der Waals surface area contributed by atoms with Crippen LogP contribution >= 0.6 is 0 Å². The Kier molecular flexibility index (Phi) is 6.11. The van der Waals surface area contributed by atoms with Crippen LogP contribution in [0.2, 0.25) is 0 Å². The molecule has 0 radical (unpaired) electrons. The van der Waals surface area contributed by atoms with Crippen LogP contribution < -0.4 is 15.0 Å². The van der Waals surface area contributed by atoms with Crippen LogP contribution in [0.5, 0.6) is 5.88 Å². The molecule has 0 bridgehead atoms. The Bertz CT molecular complexity index is 913. The summed E-state index contributed by atoms with van der Waals surface area (Å²) < 4.78 is 5.23. The predicted molar refractivity (Wildman–Crippen MR) is 111 cm³/mol. The van der Waals surface area contributed by atoms with E-state index >= 15 is 0 Å². The van der Waals surface area contributed by atoms with Crippen molar-refractivity contribution in [2.45, 2.75) is 19.4 Å². The normalized spacial score (nSPS) is 15.7. The smallest absolute Gasteiger partial charge is 0.253 e. The molecule has 0 saturated carbocycles. The summed E-state index contributed by atoms with van der Waals surface area (Å²) in [6.45, 7) is 6.58. The Morgan fingerprint density at radius 2 is 2.07 bits per heavy atom. The molecular weight excluding hydrogens is 370 g/mol. The van der Waals surface area contributed by atoms with Crippen molar-refractivity contribution in [3.05, 3.63) is 54.2 Å². The summed E-state index contributed by atoms with van der Waals surface area (Å²) >= 11 is 0. The first-order valence-electron chi connectivity index (χ1n) is 9.36. The first kappa shape index (κ1) is 20.3. The number of carbonyl (C=O) groups excluding carboxylic acids is 2. The van der Waals surface area contributed by atoms with Gasteiger partial charge in [0.25, 0.3) is 5.91 Å². The molecule has 0 unspecified atom stereocenters. The molecule has 1 aliphatic heterocycles. The summed E-state index contributed by atoms with van der Waals surface area (Å²) in [4.78, 5) is 36.4. The van der Waals surface area contributed by atoms with Crippen molar-refractivity contribution in [3.8, 4) is 5.88 Å². The van der Waals surface area contributed by atoms with Gasteiger partial charge >= 0.3 is 0 Å². The second-order valence-electron chi connectivity index (χ2n) is 6.92. The number of hydrogen-bond donors (Lipinski definition) is 1. The molecule has 1 aromatic carbocycles. The Balaban J connectivity index is 1.61. The maximum absolute atomic E-state index is 12.8. The minimum atomic E-state index is -0.201. The van der Waals surface area contributed by atoms with Gasteiger partial charge in [0.1, 0.15) is 0 Å². The molecule has 2 aromatic rings. The molecule has 1 atom stereocenters. The lowest BCUT2D eigenvalue weighted by atomic mass is 10.1. The third kappa shape index (κ3) is 4.53. The van der Waals surface area contributed by atoms with Gasteiger partial charge in [0, 0.05) is 49.2 Å². The molecule has 2 heterocycles. The molecular formula is C21H25N5O3. The largest absolute Gasteiger partial charge is 0.481 e. The van der Waals surface area contributed by atoms with Gasteiger partial charge in [0.2, 0.25) is 17.7 Å². The van der Waals surface area contributed by atoms with Gasteiger partial charge in [-0.1, -0.05) is 6.58 Å². The number of hydrogen-bond acceptors (Lipinski definition) is 6. The summed E-state index contributed by atoms with van der Waals surface area (Å²) in [7, 11) is 3.24. The van der Waals surface area contributed by atoms with Gasteiger partial charge < -0.3 is 19.9 Å². The molecule has 1 N–H and O–H groups in total. The van der Waals surface area contributed by atoms with E-state index in [-0.39, 0.29) is 17.9 Å². The summed E-state index contributed by atoms with van der Waals surface area (Å²) in [5.41, 5.74) is 2.16. The maximum Gasteiger partial charge on any atom is 0.253 e. The monoisotopic (exact) mass is 395 g/mol. The fourth-order valence-electron chi connectivity index (χ4n) is 3.22. The lowest BCUT2D eigenvalue weighted by Crippen LogP contribution is -2.32. The van der Waals surface area contributed by atoms with Crippen LogP contribution in [0, 0.1) is 6.92 Å². The average molecular weight is 395 g/mol. The first-order chi connectivity index (χ1) is 13.9. The zero-order chi connectivity index (χ0) is 21.0. The Hall–Kier alpha value is -3.42. The third-order valence-corrected chi connectivity index (χ3v) is 4.93. The van der Waals surface area contributed by atoms with Gasteiger partial charge in [-0.2, -0.15) is 4.98 Å². The number of aryl methyl sites for hydroxylation is 1. The van der Waals surface area contributed by atoms with Crippen LogP contribution in [0.15, 0.2) is 43.1 Å². The highest BCUT2D eigenvalue weighted by Crippen LogP contribution is 2.20. The first-order valence-corrected chi connectivity index (χ1v) is 9.36. The molecule has 8 heteroatoms. The van der Waals surface area contributed by atoms with Crippen LogP contribution in [0.3, 0.4) is 0 Å². The van der Waals surface area contributed by atoms with E-state index in [1.165, 1.54) is 11.0 Å². The molecule has 152 valence electrons. The molecule has 1 aliphatic rings. The molecule has 1 saturated heterocycles. The van der Waals surface area contributed by atoms with E-state index < -0.39 is 0 Å². The van der Waals surface area contributed by atoms with Crippen LogP contribution in [0.25, 0.3) is 0 Å². The number of likely N-dealkylation sites (N-methyl/N-ethyl adjacent to an activating group) is 1. The average Bonchev–Trinajstić information content (AvgIpc) is 3.22. The van der Waals surface area contributed by atoms with Gasteiger partial charge in [-0.3, -0.25) is 9.59 Å². The SMILES string of the molecule is C=CC(=O)N(C)c1ccc(C(=O)N2CC[C@@H](Nc3ncc(C)c(OC)n3)C2)cc1. The van der Waals surface area contributed by atoms with E-state index in [4.69, 9.17) is 4.74 Å². The maximum atomic E-state index is 12.8. The number of likely N-dealkylation sites (tertiary alicyclic amines) is 1. The van der Waals surface area contributed by atoms with E-state index in [1.807, 2.05) is 6.92 Å². The van der Waals surface area contributed by atoms with E-state index in [0.717, 1.165) is 12.0 Å².